The number of nitrogens with zero attached hydrogens (tertiary/aromatic N) is 1. The second kappa shape index (κ2) is 9.16. The van der Waals surface area contributed by atoms with Crippen molar-refractivity contribution in [3.05, 3.63) is 47.9 Å². The van der Waals surface area contributed by atoms with Crippen LogP contribution in [-0.4, -0.2) is 28.9 Å². The van der Waals surface area contributed by atoms with Crippen molar-refractivity contribution < 1.29 is 18.9 Å². The molecule has 3 amide bonds. The minimum Gasteiger partial charge on any atom is -0.366 e. The van der Waals surface area contributed by atoms with E-state index in [1.807, 2.05) is 0 Å². The first-order chi connectivity index (χ1) is 13.5. The molecule has 1 fully saturated rings. The Morgan fingerprint density at radius 2 is 1.89 bits per heavy atom. The summed E-state index contributed by atoms with van der Waals surface area (Å²) >= 11 is 0. The summed E-state index contributed by atoms with van der Waals surface area (Å²) in [5, 5.41) is 8.99. The molecule has 3 rings (SSSR count). The molecule has 28 heavy (non-hydrogen) atoms. The molecule has 4 N–H and O–H groups in total. The highest BCUT2D eigenvalue weighted by Crippen LogP contribution is 2.28. The van der Waals surface area contributed by atoms with Crippen LogP contribution in [0.5, 0.6) is 0 Å². The average molecular weight is 384 g/mol. The molecule has 1 aliphatic rings. The number of anilines is 1. The van der Waals surface area contributed by atoms with Crippen molar-refractivity contribution in [2.24, 2.45) is 11.7 Å². The lowest BCUT2D eigenvalue weighted by Gasteiger charge is -2.26. The topological polar surface area (TPSA) is 127 Å². The minimum atomic E-state index is -0.762. The van der Waals surface area contributed by atoms with E-state index in [-0.39, 0.29) is 11.3 Å². The summed E-state index contributed by atoms with van der Waals surface area (Å²) in [4.78, 5) is 36.9. The molecule has 1 saturated carbocycles. The standard InChI is InChI=1S/C20H24N4O4/c21-18(25)14-8-4-5-9-15(14)23-19(26)16(12-13-6-2-1-3-7-13)24-20(27)17-10-11-22-28-17/h4-5,8-11,13,16H,1-3,6-7,12H2,(H2,21,25)(H,23,26)(H,24,27)/t16-/m0/s1. The van der Waals surface area contributed by atoms with Crippen molar-refractivity contribution in [2.45, 2.75) is 44.6 Å². The van der Waals surface area contributed by atoms with E-state index in [4.69, 9.17) is 10.3 Å². The van der Waals surface area contributed by atoms with Crippen LogP contribution in [0.15, 0.2) is 41.1 Å². The monoisotopic (exact) mass is 384 g/mol. The Balaban J connectivity index is 1.75. The highest BCUT2D eigenvalue weighted by molar-refractivity contribution is 6.05. The van der Waals surface area contributed by atoms with Crippen LogP contribution in [-0.2, 0) is 4.79 Å². The largest absolute Gasteiger partial charge is 0.366 e. The van der Waals surface area contributed by atoms with Gasteiger partial charge in [0.2, 0.25) is 11.7 Å². The molecule has 8 heteroatoms. The van der Waals surface area contributed by atoms with E-state index >= 15 is 0 Å². The van der Waals surface area contributed by atoms with E-state index in [0.717, 1.165) is 25.7 Å². The molecule has 0 aliphatic heterocycles. The number of nitrogens with one attached hydrogen (secondary N) is 2. The van der Waals surface area contributed by atoms with E-state index in [1.165, 1.54) is 18.7 Å². The number of amides is 3. The maximum absolute atomic E-state index is 12.9. The zero-order chi connectivity index (χ0) is 19.9. The summed E-state index contributed by atoms with van der Waals surface area (Å²) in [5.41, 5.74) is 5.92. The molecule has 1 aromatic carbocycles. The van der Waals surface area contributed by atoms with Crippen molar-refractivity contribution >= 4 is 23.4 Å². The third kappa shape index (κ3) is 4.97. The Morgan fingerprint density at radius 1 is 1.14 bits per heavy atom. The first kappa shape index (κ1) is 19.6. The van der Waals surface area contributed by atoms with Crippen molar-refractivity contribution in [1.82, 2.24) is 10.5 Å². The Morgan fingerprint density at radius 3 is 2.57 bits per heavy atom. The maximum Gasteiger partial charge on any atom is 0.290 e. The fourth-order valence-corrected chi connectivity index (χ4v) is 3.58. The SMILES string of the molecule is NC(=O)c1ccccc1NC(=O)[C@H](CC1CCCCC1)NC(=O)c1ccno1. The van der Waals surface area contributed by atoms with Crippen LogP contribution in [0.25, 0.3) is 0 Å². The molecule has 1 atom stereocenters. The molecule has 1 heterocycles. The second-order valence-electron chi connectivity index (χ2n) is 7.04. The van der Waals surface area contributed by atoms with Gasteiger partial charge in [0.25, 0.3) is 11.8 Å². The zero-order valence-corrected chi connectivity index (χ0v) is 15.5. The maximum atomic E-state index is 12.9. The second-order valence-corrected chi connectivity index (χ2v) is 7.04. The number of carbonyl (C=O) groups is 3. The van der Waals surface area contributed by atoms with Crippen molar-refractivity contribution in [1.29, 1.82) is 0 Å². The number of nitrogens with two attached hydrogens (primary N) is 1. The first-order valence-corrected chi connectivity index (χ1v) is 9.46. The summed E-state index contributed by atoms with van der Waals surface area (Å²) in [7, 11) is 0. The minimum absolute atomic E-state index is 0.0407. The molecule has 8 nitrogen and oxygen atoms in total. The van der Waals surface area contributed by atoms with Gasteiger partial charge in [-0.2, -0.15) is 0 Å². The summed E-state index contributed by atoms with van der Waals surface area (Å²) in [6.07, 6.45) is 7.39. The van der Waals surface area contributed by atoms with Gasteiger partial charge >= 0.3 is 0 Å². The van der Waals surface area contributed by atoms with Crippen molar-refractivity contribution in [3.8, 4) is 0 Å². The third-order valence-electron chi connectivity index (χ3n) is 5.03. The van der Waals surface area contributed by atoms with Crippen LogP contribution >= 0.6 is 0 Å². The number of hydrogen-bond donors (Lipinski definition) is 3. The van der Waals surface area contributed by atoms with Crippen LogP contribution in [0, 0.1) is 5.92 Å². The predicted octanol–water partition coefficient (Wildman–Crippen LogP) is 2.48. The predicted molar refractivity (Wildman–Crippen MR) is 103 cm³/mol. The molecule has 2 aromatic rings. The Kier molecular flexibility index (Phi) is 6.41. The van der Waals surface area contributed by atoms with E-state index in [1.54, 1.807) is 24.3 Å². The molecule has 0 unspecified atom stereocenters. The molecule has 1 aliphatic carbocycles. The zero-order valence-electron chi connectivity index (χ0n) is 15.5. The average Bonchev–Trinajstić information content (AvgIpc) is 3.23. The lowest BCUT2D eigenvalue weighted by molar-refractivity contribution is -0.118. The van der Waals surface area contributed by atoms with Crippen LogP contribution in [0.1, 0.15) is 59.4 Å². The number of hydrogen-bond acceptors (Lipinski definition) is 5. The van der Waals surface area contributed by atoms with Gasteiger partial charge in [0.15, 0.2) is 0 Å². The van der Waals surface area contributed by atoms with Gasteiger partial charge in [-0.15, -0.1) is 0 Å². The van der Waals surface area contributed by atoms with Gasteiger partial charge in [-0.25, -0.2) is 0 Å². The summed E-state index contributed by atoms with van der Waals surface area (Å²) in [6.45, 7) is 0. The lowest BCUT2D eigenvalue weighted by Crippen LogP contribution is -2.45. The number of carbonyl (C=O) groups excluding carboxylic acids is 3. The highest BCUT2D eigenvalue weighted by atomic mass is 16.5. The van der Waals surface area contributed by atoms with Crippen LogP contribution in [0.4, 0.5) is 5.69 Å². The van der Waals surface area contributed by atoms with Crippen LogP contribution in [0.3, 0.4) is 0 Å². The number of aromatic nitrogens is 1. The summed E-state index contributed by atoms with van der Waals surface area (Å²) in [5.74, 6) is -1.14. The number of primary amides is 1. The number of rotatable bonds is 7. The van der Waals surface area contributed by atoms with Crippen molar-refractivity contribution in [3.63, 3.8) is 0 Å². The number of benzene rings is 1. The van der Waals surface area contributed by atoms with Gasteiger partial charge in [-0.3, -0.25) is 14.4 Å². The molecule has 1 aromatic heterocycles. The molecule has 148 valence electrons. The molecular formula is C20H24N4O4. The molecule has 0 bridgehead atoms. The van der Waals surface area contributed by atoms with Gasteiger partial charge in [0.05, 0.1) is 17.4 Å². The summed E-state index contributed by atoms with van der Waals surface area (Å²) in [6, 6.07) is 7.19. The van der Waals surface area contributed by atoms with E-state index in [2.05, 4.69) is 15.8 Å². The van der Waals surface area contributed by atoms with E-state index in [0.29, 0.717) is 18.0 Å². The molecular weight excluding hydrogens is 360 g/mol. The summed E-state index contributed by atoms with van der Waals surface area (Å²) < 4.78 is 4.88. The highest BCUT2D eigenvalue weighted by Gasteiger charge is 2.28. The van der Waals surface area contributed by atoms with Gasteiger partial charge in [0, 0.05) is 6.07 Å². The van der Waals surface area contributed by atoms with Gasteiger partial charge < -0.3 is 20.9 Å². The molecule has 0 radical (unpaired) electrons. The Labute approximate surface area is 162 Å². The fourth-order valence-electron chi connectivity index (χ4n) is 3.58. The smallest absolute Gasteiger partial charge is 0.290 e. The van der Waals surface area contributed by atoms with Gasteiger partial charge in [-0.05, 0) is 24.5 Å². The first-order valence-electron chi connectivity index (χ1n) is 9.46. The molecule has 0 saturated heterocycles. The quantitative estimate of drug-likeness (QED) is 0.676. The van der Waals surface area contributed by atoms with Gasteiger partial charge in [-0.1, -0.05) is 49.4 Å². The lowest BCUT2D eigenvalue weighted by atomic mass is 9.84. The fraction of sp³-hybridized carbons (Fsp3) is 0.400. The van der Waals surface area contributed by atoms with Crippen LogP contribution < -0.4 is 16.4 Å². The Hall–Kier alpha value is -3.16. The van der Waals surface area contributed by atoms with Gasteiger partial charge in [0.1, 0.15) is 6.04 Å². The van der Waals surface area contributed by atoms with E-state index in [9.17, 15) is 14.4 Å². The van der Waals surface area contributed by atoms with E-state index < -0.39 is 23.8 Å². The van der Waals surface area contributed by atoms with Crippen LogP contribution in [0.2, 0.25) is 0 Å². The third-order valence-corrected chi connectivity index (χ3v) is 5.03. The normalized spacial score (nSPS) is 15.6. The molecule has 0 spiro atoms. The number of para-hydroxylation sites is 1. The Bertz CT molecular complexity index is 828. The van der Waals surface area contributed by atoms with Crippen molar-refractivity contribution in [2.75, 3.05) is 5.32 Å².